The second-order valence-electron chi connectivity index (χ2n) is 8.97. The van der Waals surface area contributed by atoms with E-state index in [2.05, 4.69) is 112 Å². The number of allylic oxidation sites excluding steroid dienone is 17. The zero-order chi connectivity index (χ0) is 25.5. The minimum Gasteiger partial charge on any atom is -0.386 e. The van der Waals surface area contributed by atoms with Crippen LogP contribution >= 0.6 is 0 Å². The molecule has 0 saturated carbocycles. The van der Waals surface area contributed by atoms with Crippen molar-refractivity contribution in [2.24, 2.45) is 0 Å². The Balaban J connectivity index is 1.95. The molecule has 35 heavy (non-hydrogen) atoms. The van der Waals surface area contributed by atoms with E-state index in [4.69, 9.17) is 0 Å². The van der Waals surface area contributed by atoms with Crippen LogP contribution in [0.5, 0.6) is 0 Å². The number of rotatable bonds is 13. The predicted octanol–water partition coefficient (Wildman–Crippen LogP) is 8.25. The molecule has 2 aliphatic carbocycles. The Hall–Kier alpha value is -3.52. The maximum Gasteiger partial charge on any atom is 0.0482 e. The molecule has 0 spiro atoms. The van der Waals surface area contributed by atoms with Gasteiger partial charge in [-0.1, -0.05) is 92.6 Å². The zero-order valence-corrected chi connectivity index (χ0v) is 21.8. The molecule has 2 aliphatic rings. The SMILES string of the molecule is C=C/C=C\C=C(/C)C1=CC=C(NC(C)C/C=C(C=C)/C(C)=C/C=C(\C=C)NC2C=CC=CC2)CC1. The van der Waals surface area contributed by atoms with Gasteiger partial charge in [-0.05, 0) is 87.0 Å². The van der Waals surface area contributed by atoms with Crippen molar-refractivity contribution in [2.75, 3.05) is 0 Å². The zero-order valence-electron chi connectivity index (χ0n) is 21.8. The van der Waals surface area contributed by atoms with Gasteiger partial charge in [-0.25, -0.2) is 0 Å². The lowest BCUT2D eigenvalue weighted by atomic mass is 9.96. The monoisotopic (exact) mass is 466 g/mol. The summed E-state index contributed by atoms with van der Waals surface area (Å²) in [5.74, 6) is 0. The van der Waals surface area contributed by atoms with E-state index in [0.29, 0.717) is 12.1 Å². The highest BCUT2D eigenvalue weighted by Crippen LogP contribution is 2.23. The van der Waals surface area contributed by atoms with E-state index >= 15 is 0 Å². The molecule has 0 amide bonds. The van der Waals surface area contributed by atoms with Crippen LogP contribution in [-0.2, 0) is 0 Å². The standard InChI is InChI=1S/C33H42N2/c1-7-10-12-15-26(4)30-21-24-33(25-22-30)34-28(6)19-20-29(8-2)27(5)18-23-31(9-3)35-32-16-13-11-14-17-32/h7-16,18,20-21,23-24,28,32,34-35H,1-3,17,19,22,25H2,4-6H3/b12-10-,26-15+,27-18+,29-20+,31-23+. The topological polar surface area (TPSA) is 24.1 Å². The first-order chi connectivity index (χ1) is 17.0. The highest BCUT2D eigenvalue weighted by molar-refractivity contribution is 5.41. The quantitative estimate of drug-likeness (QED) is 0.267. The predicted molar refractivity (Wildman–Crippen MR) is 156 cm³/mol. The molecule has 2 rings (SSSR count). The van der Waals surface area contributed by atoms with Gasteiger partial charge in [-0.3, -0.25) is 0 Å². The Morgan fingerprint density at radius 2 is 1.86 bits per heavy atom. The molecule has 2 nitrogen and oxygen atoms in total. The molecule has 2 N–H and O–H groups in total. The largest absolute Gasteiger partial charge is 0.386 e. The normalized spacial score (nSPS) is 20.3. The fourth-order valence-corrected chi connectivity index (χ4v) is 3.94. The molecular weight excluding hydrogens is 424 g/mol. The van der Waals surface area contributed by atoms with E-state index in [-0.39, 0.29) is 0 Å². The Labute approximate surface area is 213 Å². The average Bonchev–Trinajstić information content (AvgIpc) is 2.88. The van der Waals surface area contributed by atoms with Crippen LogP contribution in [-0.4, -0.2) is 12.1 Å². The van der Waals surface area contributed by atoms with Gasteiger partial charge in [0.25, 0.3) is 0 Å². The first-order valence-corrected chi connectivity index (χ1v) is 12.5. The Morgan fingerprint density at radius 3 is 2.49 bits per heavy atom. The molecule has 0 radical (unpaired) electrons. The molecule has 0 aromatic rings. The molecular formula is C33H42N2. The Bertz CT molecular complexity index is 1030. The molecule has 0 aliphatic heterocycles. The van der Waals surface area contributed by atoms with Crippen molar-refractivity contribution < 1.29 is 0 Å². The second-order valence-corrected chi connectivity index (χ2v) is 8.97. The summed E-state index contributed by atoms with van der Waals surface area (Å²) in [7, 11) is 0. The fourth-order valence-electron chi connectivity index (χ4n) is 3.94. The van der Waals surface area contributed by atoms with Crippen LogP contribution in [0.3, 0.4) is 0 Å². The van der Waals surface area contributed by atoms with Crippen LogP contribution in [0.2, 0.25) is 0 Å². The van der Waals surface area contributed by atoms with Gasteiger partial charge in [-0.2, -0.15) is 0 Å². The maximum atomic E-state index is 4.03. The summed E-state index contributed by atoms with van der Waals surface area (Å²) in [5.41, 5.74) is 7.36. The maximum absolute atomic E-state index is 4.03. The summed E-state index contributed by atoms with van der Waals surface area (Å²) >= 11 is 0. The third-order valence-electron chi connectivity index (χ3n) is 6.11. The van der Waals surface area contributed by atoms with Crippen molar-refractivity contribution in [3.05, 3.63) is 145 Å². The van der Waals surface area contributed by atoms with Gasteiger partial charge in [-0.15, -0.1) is 0 Å². The lowest BCUT2D eigenvalue weighted by Crippen LogP contribution is -2.25. The van der Waals surface area contributed by atoms with Crippen LogP contribution in [0.25, 0.3) is 0 Å². The van der Waals surface area contributed by atoms with Crippen LogP contribution in [0.15, 0.2) is 145 Å². The van der Waals surface area contributed by atoms with Gasteiger partial charge in [0.05, 0.1) is 0 Å². The first kappa shape index (κ1) is 27.7. The molecule has 0 bridgehead atoms. The third kappa shape index (κ3) is 10.1. The van der Waals surface area contributed by atoms with Crippen molar-refractivity contribution in [1.82, 2.24) is 10.6 Å². The summed E-state index contributed by atoms with van der Waals surface area (Å²) in [6.45, 7) is 18.2. The van der Waals surface area contributed by atoms with Gasteiger partial charge in [0.1, 0.15) is 0 Å². The third-order valence-corrected chi connectivity index (χ3v) is 6.11. The van der Waals surface area contributed by atoms with E-state index in [9.17, 15) is 0 Å². The second kappa shape index (κ2) is 15.4. The van der Waals surface area contributed by atoms with Crippen LogP contribution < -0.4 is 10.6 Å². The van der Waals surface area contributed by atoms with Gasteiger partial charge in [0.2, 0.25) is 0 Å². The van der Waals surface area contributed by atoms with E-state index in [1.807, 2.05) is 24.3 Å². The highest BCUT2D eigenvalue weighted by Gasteiger charge is 2.10. The van der Waals surface area contributed by atoms with E-state index < -0.39 is 0 Å². The molecule has 2 heteroatoms. The van der Waals surface area contributed by atoms with E-state index in [0.717, 1.165) is 37.0 Å². The molecule has 0 aromatic heterocycles. The van der Waals surface area contributed by atoms with Crippen LogP contribution in [0, 0.1) is 0 Å². The lowest BCUT2D eigenvalue weighted by Gasteiger charge is -2.21. The summed E-state index contributed by atoms with van der Waals surface area (Å²) in [6.07, 6.45) is 35.2. The fraction of sp³-hybridized carbons (Fsp3) is 0.273. The molecule has 2 atom stereocenters. The van der Waals surface area contributed by atoms with Crippen molar-refractivity contribution in [2.45, 2.75) is 58.5 Å². The molecule has 184 valence electrons. The van der Waals surface area contributed by atoms with Crippen molar-refractivity contribution in [1.29, 1.82) is 0 Å². The van der Waals surface area contributed by atoms with Gasteiger partial charge >= 0.3 is 0 Å². The first-order valence-electron chi connectivity index (χ1n) is 12.5. The minimum absolute atomic E-state index is 0.313. The summed E-state index contributed by atoms with van der Waals surface area (Å²) < 4.78 is 0. The van der Waals surface area contributed by atoms with E-state index in [1.165, 1.54) is 22.4 Å². The number of hydrogen-bond donors (Lipinski definition) is 2. The van der Waals surface area contributed by atoms with Crippen molar-refractivity contribution >= 4 is 0 Å². The molecule has 2 unspecified atom stereocenters. The average molecular weight is 467 g/mol. The molecule has 0 saturated heterocycles. The van der Waals surface area contributed by atoms with Gasteiger partial charge in [0.15, 0.2) is 0 Å². The lowest BCUT2D eigenvalue weighted by molar-refractivity contribution is 0.597. The van der Waals surface area contributed by atoms with Gasteiger partial charge in [0, 0.05) is 23.5 Å². The highest BCUT2D eigenvalue weighted by atomic mass is 14.9. The van der Waals surface area contributed by atoms with Gasteiger partial charge < -0.3 is 10.6 Å². The summed E-state index contributed by atoms with van der Waals surface area (Å²) in [6, 6.07) is 0.659. The summed E-state index contributed by atoms with van der Waals surface area (Å²) in [5, 5.41) is 7.20. The Morgan fingerprint density at radius 1 is 1.03 bits per heavy atom. The molecule has 0 heterocycles. The summed E-state index contributed by atoms with van der Waals surface area (Å²) in [4.78, 5) is 0. The smallest absolute Gasteiger partial charge is 0.0482 e. The van der Waals surface area contributed by atoms with Crippen molar-refractivity contribution in [3.8, 4) is 0 Å². The van der Waals surface area contributed by atoms with Crippen molar-refractivity contribution in [3.63, 3.8) is 0 Å². The Kier molecular flexibility index (Phi) is 12.2. The van der Waals surface area contributed by atoms with Crippen LogP contribution in [0.1, 0.15) is 46.5 Å². The molecule has 0 aromatic carbocycles. The number of hydrogen-bond acceptors (Lipinski definition) is 2. The number of nitrogens with one attached hydrogen (secondary N) is 2. The van der Waals surface area contributed by atoms with E-state index in [1.54, 1.807) is 6.08 Å². The molecule has 0 fully saturated rings. The minimum atomic E-state index is 0.313. The van der Waals surface area contributed by atoms with Crippen LogP contribution in [0.4, 0.5) is 0 Å².